The summed E-state index contributed by atoms with van der Waals surface area (Å²) in [5.74, 6) is -0.395. The highest BCUT2D eigenvalue weighted by atomic mass is 19.4. The van der Waals surface area contributed by atoms with Crippen molar-refractivity contribution >= 4 is 17.6 Å². The number of methoxy groups -OCH3 is 1. The van der Waals surface area contributed by atoms with E-state index in [0.717, 1.165) is 17.8 Å². The first kappa shape index (κ1) is 17.7. The van der Waals surface area contributed by atoms with Gasteiger partial charge in [-0.3, -0.25) is 4.99 Å². The Labute approximate surface area is 148 Å². The summed E-state index contributed by atoms with van der Waals surface area (Å²) in [4.78, 5) is 4.09. The Bertz CT molecular complexity index is 818. The highest BCUT2D eigenvalue weighted by molar-refractivity contribution is 5.80. The second kappa shape index (κ2) is 6.99. The molecule has 0 bridgehead atoms. The van der Waals surface area contributed by atoms with Gasteiger partial charge in [-0.15, -0.1) is 0 Å². The van der Waals surface area contributed by atoms with E-state index in [1.54, 1.807) is 49.8 Å². The van der Waals surface area contributed by atoms with Crippen LogP contribution in [-0.2, 0) is 6.18 Å². The fourth-order valence-electron chi connectivity index (χ4n) is 2.47. The molecule has 0 aromatic heterocycles. The number of anilines is 2. The quantitative estimate of drug-likeness (QED) is 0.703. The molecular weight excluding hydrogens is 345 g/mol. The van der Waals surface area contributed by atoms with Crippen LogP contribution in [0.25, 0.3) is 0 Å². The average Bonchev–Trinajstić information content (AvgIpc) is 2.62. The Balaban J connectivity index is 1.86. The molecule has 1 aliphatic heterocycles. The molecule has 136 valence electrons. The normalized spacial score (nSPS) is 18.9. The lowest BCUT2D eigenvalue weighted by Gasteiger charge is -2.35. The maximum atomic E-state index is 13.0. The van der Waals surface area contributed by atoms with Crippen LogP contribution in [0.1, 0.15) is 5.56 Å². The Morgan fingerprint density at radius 2 is 1.77 bits per heavy atom. The van der Waals surface area contributed by atoms with Crippen LogP contribution in [0.3, 0.4) is 0 Å². The molecule has 1 heterocycles. The van der Waals surface area contributed by atoms with Gasteiger partial charge in [-0.1, -0.05) is 6.07 Å². The Morgan fingerprint density at radius 3 is 2.38 bits per heavy atom. The van der Waals surface area contributed by atoms with Crippen LogP contribution < -0.4 is 20.7 Å². The van der Waals surface area contributed by atoms with Gasteiger partial charge in [0.15, 0.2) is 0 Å². The van der Waals surface area contributed by atoms with Gasteiger partial charge >= 0.3 is 6.18 Å². The smallest absolute Gasteiger partial charge is 0.416 e. The molecule has 3 rings (SSSR count). The molecule has 26 heavy (non-hydrogen) atoms. The van der Waals surface area contributed by atoms with Gasteiger partial charge in [0.25, 0.3) is 0 Å². The molecule has 1 aliphatic rings. The summed E-state index contributed by atoms with van der Waals surface area (Å²) in [6, 6.07) is 12.1. The highest BCUT2D eigenvalue weighted by Gasteiger charge is 2.32. The van der Waals surface area contributed by atoms with Crippen molar-refractivity contribution in [1.82, 2.24) is 5.32 Å². The van der Waals surface area contributed by atoms with E-state index in [9.17, 15) is 13.2 Å². The number of alkyl halides is 3. The van der Waals surface area contributed by atoms with Gasteiger partial charge < -0.3 is 20.7 Å². The summed E-state index contributed by atoms with van der Waals surface area (Å²) in [5, 5.41) is 9.27. The van der Waals surface area contributed by atoms with Crippen molar-refractivity contribution in [2.45, 2.75) is 12.0 Å². The topological polar surface area (TPSA) is 57.7 Å². The van der Waals surface area contributed by atoms with Crippen LogP contribution in [0.2, 0.25) is 0 Å². The zero-order valence-corrected chi connectivity index (χ0v) is 13.8. The Morgan fingerprint density at radius 1 is 1.04 bits per heavy atom. The summed E-state index contributed by atoms with van der Waals surface area (Å²) in [5.41, 5.74) is 0.278. The summed E-state index contributed by atoms with van der Waals surface area (Å²) >= 11 is 0. The largest absolute Gasteiger partial charge is 0.497 e. The number of aliphatic imine (C=N–C) groups is 1. The van der Waals surface area contributed by atoms with E-state index in [0.29, 0.717) is 5.75 Å². The van der Waals surface area contributed by atoms with Crippen LogP contribution >= 0.6 is 0 Å². The van der Waals surface area contributed by atoms with Crippen molar-refractivity contribution in [1.29, 1.82) is 0 Å². The lowest BCUT2D eigenvalue weighted by atomic mass is 10.1. The fourth-order valence-corrected chi connectivity index (χ4v) is 2.47. The third kappa shape index (κ3) is 4.08. The van der Waals surface area contributed by atoms with Crippen LogP contribution in [0, 0.1) is 0 Å². The van der Waals surface area contributed by atoms with E-state index >= 15 is 0 Å². The molecule has 2 aromatic rings. The second-order valence-electron chi connectivity index (χ2n) is 5.60. The second-order valence-corrected chi connectivity index (χ2v) is 5.60. The number of ether oxygens (including phenoxy) is 1. The van der Waals surface area contributed by atoms with E-state index in [2.05, 4.69) is 20.9 Å². The first-order valence-electron chi connectivity index (χ1n) is 7.75. The van der Waals surface area contributed by atoms with Crippen molar-refractivity contribution in [3.05, 3.63) is 66.5 Å². The summed E-state index contributed by atoms with van der Waals surface area (Å²) in [6.07, 6.45) is 0.263. The SMILES string of the molecule is COc1ccc(NC2(Nc3cccc(C(F)(F)F)c3)C=NC=CN2)cc1. The van der Waals surface area contributed by atoms with Gasteiger partial charge in [-0.25, -0.2) is 0 Å². The summed E-state index contributed by atoms with van der Waals surface area (Å²) in [7, 11) is 1.57. The van der Waals surface area contributed by atoms with Crippen molar-refractivity contribution < 1.29 is 17.9 Å². The van der Waals surface area contributed by atoms with Crippen LogP contribution in [0.5, 0.6) is 5.75 Å². The van der Waals surface area contributed by atoms with Crippen molar-refractivity contribution in [3.8, 4) is 5.75 Å². The Kier molecular flexibility index (Phi) is 4.75. The van der Waals surface area contributed by atoms with Crippen molar-refractivity contribution in [3.63, 3.8) is 0 Å². The molecule has 0 fully saturated rings. The predicted molar refractivity (Wildman–Crippen MR) is 95.2 cm³/mol. The number of hydrogen-bond acceptors (Lipinski definition) is 5. The molecule has 0 radical (unpaired) electrons. The maximum Gasteiger partial charge on any atom is 0.416 e. The number of nitrogens with zero attached hydrogens (tertiary/aromatic N) is 1. The molecule has 0 amide bonds. The molecule has 8 heteroatoms. The van der Waals surface area contributed by atoms with Crippen LogP contribution in [-0.4, -0.2) is 19.1 Å². The minimum Gasteiger partial charge on any atom is -0.497 e. The molecule has 3 N–H and O–H groups in total. The zero-order chi connectivity index (χ0) is 18.6. The number of nitrogens with one attached hydrogen (secondary N) is 3. The first-order valence-corrected chi connectivity index (χ1v) is 7.75. The van der Waals surface area contributed by atoms with Gasteiger partial charge in [0.05, 0.1) is 18.9 Å². The minimum absolute atomic E-state index is 0.287. The highest BCUT2D eigenvalue weighted by Crippen LogP contribution is 2.31. The number of benzene rings is 2. The van der Waals surface area contributed by atoms with Gasteiger partial charge in [0.2, 0.25) is 5.79 Å². The van der Waals surface area contributed by atoms with E-state index < -0.39 is 17.5 Å². The van der Waals surface area contributed by atoms with E-state index in [4.69, 9.17) is 4.74 Å². The molecule has 1 unspecified atom stereocenters. The van der Waals surface area contributed by atoms with Crippen LogP contribution in [0.15, 0.2) is 65.9 Å². The standard InChI is InChI=1S/C18H17F3N4O/c1-26-16-7-5-14(6-8-16)24-17(12-22-9-10-23-17)25-15-4-2-3-13(11-15)18(19,20)21/h2-12,23-25H,1H3. The molecule has 0 saturated carbocycles. The molecule has 0 aliphatic carbocycles. The zero-order valence-electron chi connectivity index (χ0n) is 13.8. The number of halogens is 3. The molecule has 2 aromatic carbocycles. The number of hydrogen-bond donors (Lipinski definition) is 3. The first-order chi connectivity index (χ1) is 12.4. The molecular formula is C18H17F3N4O. The molecule has 5 nitrogen and oxygen atoms in total. The fraction of sp³-hybridized carbons (Fsp3) is 0.167. The summed E-state index contributed by atoms with van der Waals surface area (Å²) in [6.45, 7) is 0. The van der Waals surface area contributed by atoms with E-state index in [-0.39, 0.29) is 5.69 Å². The predicted octanol–water partition coefficient (Wildman–Crippen LogP) is 4.04. The van der Waals surface area contributed by atoms with E-state index in [1.807, 2.05) is 0 Å². The van der Waals surface area contributed by atoms with E-state index in [1.165, 1.54) is 12.3 Å². The van der Waals surface area contributed by atoms with Crippen LogP contribution in [0.4, 0.5) is 24.5 Å². The monoisotopic (exact) mass is 362 g/mol. The van der Waals surface area contributed by atoms with Crippen molar-refractivity contribution in [2.75, 3.05) is 17.7 Å². The third-order valence-electron chi connectivity index (χ3n) is 3.70. The lowest BCUT2D eigenvalue weighted by Crippen LogP contribution is -2.58. The maximum absolute atomic E-state index is 13.0. The number of rotatable bonds is 5. The third-order valence-corrected chi connectivity index (χ3v) is 3.70. The van der Waals surface area contributed by atoms with Gasteiger partial charge in [0, 0.05) is 23.8 Å². The van der Waals surface area contributed by atoms with Gasteiger partial charge in [-0.2, -0.15) is 13.2 Å². The van der Waals surface area contributed by atoms with Gasteiger partial charge in [0.1, 0.15) is 5.75 Å². The molecule has 1 atom stereocenters. The minimum atomic E-state index is -4.41. The summed E-state index contributed by atoms with van der Waals surface area (Å²) < 4.78 is 44.0. The molecule has 0 saturated heterocycles. The average molecular weight is 362 g/mol. The van der Waals surface area contributed by atoms with Crippen molar-refractivity contribution in [2.24, 2.45) is 4.99 Å². The lowest BCUT2D eigenvalue weighted by molar-refractivity contribution is -0.137. The van der Waals surface area contributed by atoms with Gasteiger partial charge in [-0.05, 0) is 42.5 Å². The molecule has 0 spiro atoms. The Hall–Kier alpha value is -3.16.